The van der Waals surface area contributed by atoms with Crippen LogP contribution in [-0.2, 0) is 13.9 Å². The highest BCUT2D eigenvalue weighted by molar-refractivity contribution is 8.13. The van der Waals surface area contributed by atoms with Gasteiger partial charge in [0.05, 0.1) is 23.9 Å². The molecule has 6 heteroatoms. The minimum absolute atomic E-state index is 0.0363. The molecule has 0 aromatic heterocycles. The second-order valence-corrected chi connectivity index (χ2v) is 15.6. The monoisotopic (exact) mass is 461 g/mol. The first-order valence-electron chi connectivity index (χ1n) is 11.9. The van der Waals surface area contributed by atoms with Gasteiger partial charge in [0.2, 0.25) is 0 Å². The van der Waals surface area contributed by atoms with Gasteiger partial charge in [-0.15, -0.1) is 11.8 Å². The van der Waals surface area contributed by atoms with Crippen LogP contribution in [0.25, 0.3) is 0 Å². The maximum absolute atomic E-state index is 6.98. The largest absolute Gasteiger partial charge is 0.411 e. The second-order valence-electron chi connectivity index (χ2n) is 9.85. The number of unbranched alkanes of at least 4 members (excludes halogenated alkanes) is 2. The van der Waals surface area contributed by atoms with E-state index < -0.39 is 8.32 Å². The van der Waals surface area contributed by atoms with Crippen molar-refractivity contribution in [3.63, 3.8) is 0 Å². The number of ether oxygens (including phenoxy) is 2. The molecule has 0 saturated heterocycles. The third-order valence-electron chi connectivity index (χ3n) is 6.15. The van der Waals surface area contributed by atoms with Gasteiger partial charge in [0.25, 0.3) is 0 Å². The van der Waals surface area contributed by atoms with E-state index in [2.05, 4.69) is 67.8 Å². The Morgan fingerprint density at radius 1 is 1.07 bits per heavy atom. The fraction of sp³-hybridized carbons (Fsp3) is 0.958. The summed E-state index contributed by atoms with van der Waals surface area (Å²) in [6.07, 6.45) is 7.63. The molecule has 0 heterocycles. The molecule has 0 saturated carbocycles. The fourth-order valence-corrected chi connectivity index (χ4v) is 4.52. The summed E-state index contributed by atoms with van der Waals surface area (Å²) in [6.45, 7) is 23.4. The molecule has 0 aromatic carbocycles. The Labute approximate surface area is 193 Å². The lowest BCUT2D eigenvalue weighted by atomic mass is 9.95. The zero-order chi connectivity index (χ0) is 23.2. The van der Waals surface area contributed by atoms with Gasteiger partial charge < -0.3 is 13.9 Å². The molecule has 0 spiro atoms. The van der Waals surface area contributed by atoms with Crippen molar-refractivity contribution in [1.29, 1.82) is 0 Å². The molecule has 0 aliphatic rings. The predicted molar refractivity (Wildman–Crippen MR) is 138 cm³/mol. The van der Waals surface area contributed by atoms with Crippen LogP contribution in [0.1, 0.15) is 80.6 Å². The quantitative estimate of drug-likeness (QED) is 0.106. The van der Waals surface area contributed by atoms with Crippen molar-refractivity contribution in [1.82, 2.24) is 0 Å². The van der Waals surface area contributed by atoms with Crippen molar-refractivity contribution in [3.8, 4) is 0 Å². The Morgan fingerprint density at radius 2 is 1.67 bits per heavy atom. The van der Waals surface area contributed by atoms with Gasteiger partial charge >= 0.3 is 0 Å². The molecule has 0 rings (SSSR count). The van der Waals surface area contributed by atoms with Crippen molar-refractivity contribution < 1.29 is 13.9 Å². The summed E-state index contributed by atoms with van der Waals surface area (Å²) in [6, 6.07) is 0. The Balaban J connectivity index is 5.52. The normalized spacial score (nSPS) is 16.5. The number of hydrogen-bond donors (Lipinski definition) is 0. The van der Waals surface area contributed by atoms with Gasteiger partial charge in [-0.3, -0.25) is 4.99 Å². The molecule has 0 aliphatic heterocycles. The summed E-state index contributed by atoms with van der Waals surface area (Å²) in [4.78, 5) is 4.73. The summed E-state index contributed by atoms with van der Waals surface area (Å²) < 4.78 is 19.3. The smallest absolute Gasteiger partial charge is 0.192 e. The van der Waals surface area contributed by atoms with E-state index in [4.69, 9.17) is 18.9 Å². The van der Waals surface area contributed by atoms with E-state index in [1.165, 1.54) is 0 Å². The molecule has 0 radical (unpaired) electrons. The highest BCUT2D eigenvalue weighted by Crippen LogP contribution is 2.39. The van der Waals surface area contributed by atoms with Gasteiger partial charge in [-0.25, -0.2) is 0 Å². The van der Waals surface area contributed by atoms with E-state index >= 15 is 0 Å². The lowest BCUT2D eigenvalue weighted by molar-refractivity contribution is -0.0652. The number of rotatable bonds is 16. The second kappa shape index (κ2) is 15.8. The number of thioether (sulfide) groups is 1. The van der Waals surface area contributed by atoms with Gasteiger partial charge in [-0.2, -0.15) is 0 Å². The molecule has 0 bridgehead atoms. The van der Waals surface area contributed by atoms with Gasteiger partial charge in [-0.05, 0) is 57.5 Å². The van der Waals surface area contributed by atoms with Crippen molar-refractivity contribution in [2.24, 2.45) is 10.9 Å². The number of aliphatic imine (C=N–C) groups is 1. The van der Waals surface area contributed by atoms with Crippen LogP contribution >= 0.6 is 11.8 Å². The van der Waals surface area contributed by atoms with Crippen molar-refractivity contribution >= 4 is 25.1 Å². The minimum Gasteiger partial charge on any atom is -0.411 e. The first-order chi connectivity index (χ1) is 14.0. The summed E-state index contributed by atoms with van der Waals surface area (Å²) in [7, 11) is -1.94. The molecule has 4 nitrogen and oxygen atoms in total. The molecule has 0 aliphatic carbocycles. The van der Waals surface area contributed by atoms with E-state index in [-0.39, 0.29) is 23.2 Å². The van der Waals surface area contributed by atoms with Gasteiger partial charge in [-0.1, -0.05) is 47.5 Å². The summed E-state index contributed by atoms with van der Waals surface area (Å²) in [5.41, 5.74) is 0. The van der Waals surface area contributed by atoms with E-state index in [1.807, 2.05) is 0 Å². The van der Waals surface area contributed by atoms with Gasteiger partial charge in [0, 0.05) is 25.7 Å². The van der Waals surface area contributed by atoms with Gasteiger partial charge in [0.1, 0.15) is 0 Å². The maximum Gasteiger partial charge on any atom is 0.192 e. The van der Waals surface area contributed by atoms with Crippen molar-refractivity contribution in [2.75, 3.05) is 32.6 Å². The van der Waals surface area contributed by atoms with E-state index in [0.717, 1.165) is 56.9 Å². The van der Waals surface area contributed by atoms with Crippen LogP contribution in [0.15, 0.2) is 4.99 Å². The molecule has 0 fully saturated rings. The van der Waals surface area contributed by atoms with Crippen LogP contribution < -0.4 is 0 Å². The lowest BCUT2D eigenvalue weighted by Gasteiger charge is -2.43. The van der Waals surface area contributed by atoms with Crippen LogP contribution in [0, 0.1) is 5.92 Å². The molecule has 0 aromatic rings. The standard InChI is InChI=1S/C24H51NO3SSi/c1-11-13-17-26-19-22(15-16-25-21(4)29-8)23(20(3)27-18-14-12-2)28-30(9,10)24(5,6)7/h20,22-23H,11-19H2,1-10H3/t20-,22-,23+/m1/s1. The Kier molecular flexibility index (Phi) is 15.9. The minimum atomic E-state index is -1.94. The maximum atomic E-state index is 6.98. The Morgan fingerprint density at radius 3 is 2.20 bits per heavy atom. The van der Waals surface area contributed by atoms with Crippen molar-refractivity contribution in [3.05, 3.63) is 0 Å². The molecule has 30 heavy (non-hydrogen) atoms. The molecular formula is C24H51NO3SSi. The summed E-state index contributed by atoms with van der Waals surface area (Å²) in [5, 5.41) is 1.30. The van der Waals surface area contributed by atoms with Gasteiger partial charge in [0.15, 0.2) is 8.32 Å². The predicted octanol–water partition coefficient (Wildman–Crippen LogP) is 7.19. The molecule has 0 amide bonds. The third-order valence-corrected chi connectivity index (χ3v) is 11.3. The molecule has 3 atom stereocenters. The van der Waals surface area contributed by atoms with Crippen LogP contribution in [0.4, 0.5) is 0 Å². The number of hydrogen-bond acceptors (Lipinski definition) is 5. The molecular weight excluding hydrogens is 410 g/mol. The average molecular weight is 462 g/mol. The SMILES string of the molecule is CCCCOC[C@@H](CCN=C(C)SC)[C@@H](O[Si](C)(C)C(C)(C)C)[C@@H](C)OCCCC. The van der Waals surface area contributed by atoms with Crippen LogP contribution in [0.5, 0.6) is 0 Å². The summed E-state index contributed by atoms with van der Waals surface area (Å²) in [5.74, 6) is 0.283. The third kappa shape index (κ3) is 12.2. The van der Waals surface area contributed by atoms with Crippen LogP contribution in [0.2, 0.25) is 18.1 Å². The first-order valence-corrected chi connectivity index (χ1v) is 16.1. The Bertz CT molecular complexity index is 466. The first kappa shape index (κ1) is 30.1. The van der Waals surface area contributed by atoms with E-state index in [9.17, 15) is 0 Å². The highest BCUT2D eigenvalue weighted by atomic mass is 32.2. The number of nitrogens with zero attached hydrogens (tertiary/aromatic N) is 1. The molecule has 180 valence electrons. The zero-order valence-electron chi connectivity index (χ0n) is 21.7. The van der Waals surface area contributed by atoms with Crippen molar-refractivity contribution in [2.45, 2.75) is 111 Å². The zero-order valence-corrected chi connectivity index (χ0v) is 23.5. The Hall–Kier alpha value is 0.117. The topological polar surface area (TPSA) is 40.0 Å². The van der Waals surface area contributed by atoms with E-state index in [1.54, 1.807) is 11.8 Å². The molecule has 0 N–H and O–H groups in total. The average Bonchev–Trinajstić information content (AvgIpc) is 2.67. The fourth-order valence-electron chi connectivity index (χ4n) is 2.88. The highest BCUT2D eigenvalue weighted by Gasteiger charge is 2.42. The van der Waals surface area contributed by atoms with E-state index in [0.29, 0.717) is 6.61 Å². The lowest BCUT2D eigenvalue weighted by Crippen LogP contribution is -2.50. The summed E-state index contributed by atoms with van der Waals surface area (Å²) >= 11 is 1.71. The van der Waals surface area contributed by atoms with Crippen LogP contribution in [-0.4, -0.2) is 58.2 Å². The molecule has 0 unspecified atom stereocenters. The van der Waals surface area contributed by atoms with Crippen LogP contribution in [0.3, 0.4) is 0 Å².